The van der Waals surface area contributed by atoms with Gasteiger partial charge in [0.05, 0.1) is 0 Å². The van der Waals surface area contributed by atoms with E-state index in [-0.39, 0.29) is 0 Å². The van der Waals surface area contributed by atoms with Crippen molar-refractivity contribution in [2.24, 2.45) is 5.41 Å². The van der Waals surface area contributed by atoms with Gasteiger partial charge < -0.3 is 5.32 Å². The molecule has 0 radical (unpaired) electrons. The van der Waals surface area contributed by atoms with Gasteiger partial charge in [-0.25, -0.2) is 0 Å². The molecule has 18 heavy (non-hydrogen) atoms. The maximum atomic E-state index is 3.78. The molecular formula is C16H25NS. The van der Waals surface area contributed by atoms with Crippen LogP contribution in [0, 0.1) is 26.2 Å². The van der Waals surface area contributed by atoms with E-state index >= 15 is 0 Å². The molecule has 1 atom stereocenters. The molecule has 1 aromatic carbocycles. The van der Waals surface area contributed by atoms with Crippen LogP contribution < -0.4 is 5.32 Å². The fourth-order valence-electron chi connectivity index (χ4n) is 2.97. The van der Waals surface area contributed by atoms with Crippen molar-refractivity contribution in [3.8, 4) is 0 Å². The average Bonchev–Trinajstić information content (AvgIpc) is 2.22. The van der Waals surface area contributed by atoms with Gasteiger partial charge in [-0.2, -0.15) is 11.8 Å². The molecule has 0 aliphatic carbocycles. The van der Waals surface area contributed by atoms with E-state index in [1.165, 1.54) is 40.3 Å². The molecule has 0 bridgehead atoms. The van der Waals surface area contributed by atoms with Gasteiger partial charge >= 0.3 is 0 Å². The summed E-state index contributed by atoms with van der Waals surface area (Å²) in [4.78, 5) is 0. The van der Waals surface area contributed by atoms with Crippen molar-refractivity contribution in [1.82, 2.24) is 0 Å². The quantitative estimate of drug-likeness (QED) is 0.839. The highest BCUT2D eigenvalue weighted by molar-refractivity contribution is 7.99. The SMILES string of the molecule is Cc1cc(C)c(NC2CSCC(C)(C)C2)c(C)c1. The fraction of sp³-hybridized carbons (Fsp3) is 0.625. The Hall–Kier alpha value is -0.630. The molecule has 0 spiro atoms. The molecule has 1 saturated heterocycles. The molecule has 0 saturated carbocycles. The van der Waals surface area contributed by atoms with E-state index in [9.17, 15) is 0 Å². The molecule has 0 amide bonds. The predicted molar refractivity (Wildman–Crippen MR) is 83.8 cm³/mol. The van der Waals surface area contributed by atoms with Crippen LogP contribution in [0.4, 0.5) is 5.69 Å². The number of benzene rings is 1. The summed E-state index contributed by atoms with van der Waals surface area (Å²) in [6.07, 6.45) is 1.27. The van der Waals surface area contributed by atoms with Crippen molar-refractivity contribution >= 4 is 17.4 Å². The fourth-order valence-corrected chi connectivity index (χ4v) is 4.24. The van der Waals surface area contributed by atoms with Crippen LogP contribution in [-0.4, -0.2) is 17.5 Å². The van der Waals surface area contributed by atoms with Crippen LogP contribution in [0.25, 0.3) is 0 Å². The van der Waals surface area contributed by atoms with Crippen molar-refractivity contribution in [2.45, 2.75) is 47.1 Å². The minimum Gasteiger partial charge on any atom is -0.381 e. The number of hydrogen-bond acceptors (Lipinski definition) is 2. The highest BCUT2D eigenvalue weighted by Crippen LogP contribution is 2.35. The molecule has 1 aromatic rings. The third-order valence-corrected chi connectivity index (χ3v) is 5.26. The normalized spacial score (nSPS) is 22.8. The maximum absolute atomic E-state index is 3.78. The minimum absolute atomic E-state index is 0.465. The summed E-state index contributed by atoms with van der Waals surface area (Å²) in [5, 5.41) is 3.78. The molecule has 1 fully saturated rings. The van der Waals surface area contributed by atoms with Crippen LogP contribution in [0.3, 0.4) is 0 Å². The second kappa shape index (κ2) is 5.16. The number of rotatable bonds is 2. The Morgan fingerprint density at radius 1 is 1.17 bits per heavy atom. The second-order valence-corrected chi connectivity index (χ2v) is 7.53. The zero-order valence-electron chi connectivity index (χ0n) is 12.3. The molecule has 1 aliphatic heterocycles. The first-order chi connectivity index (χ1) is 8.37. The van der Waals surface area contributed by atoms with Gasteiger partial charge in [-0.15, -0.1) is 0 Å². The molecule has 2 heteroatoms. The molecule has 1 unspecified atom stereocenters. The van der Waals surface area contributed by atoms with Crippen molar-refractivity contribution < 1.29 is 0 Å². The number of nitrogens with one attached hydrogen (secondary N) is 1. The van der Waals surface area contributed by atoms with Gasteiger partial charge in [0.25, 0.3) is 0 Å². The van der Waals surface area contributed by atoms with Gasteiger partial charge in [-0.1, -0.05) is 31.5 Å². The van der Waals surface area contributed by atoms with Crippen LogP contribution in [-0.2, 0) is 0 Å². The van der Waals surface area contributed by atoms with E-state index in [0.717, 1.165) is 0 Å². The third kappa shape index (κ3) is 3.23. The summed E-state index contributed by atoms with van der Waals surface area (Å²) in [5.74, 6) is 2.52. The first kappa shape index (κ1) is 13.8. The Morgan fingerprint density at radius 3 is 2.33 bits per heavy atom. The van der Waals surface area contributed by atoms with Crippen LogP contribution in [0.1, 0.15) is 37.0 Å². The number of hydrogen-bond donors (Lipinski definition) is 1. The Kier molecular flexibility index (Phi) is 3.96. The molecule has 1 nitrogen and oxygen atoms in total. The van der Waals surface area contributed by atoms with Crippen LogP contribution in [0.15, 0.2) is 12.1 Å². The van der Waals surface area contributed by atoms with E-state index in [4.69, 9.17) is 0 Å². The highest BCUT2D eigenvalue weighted by Gasteiger charge is 2.28. The second-order valence-electron chi connectivity index (χ2n) is 6.50. The van der Waals surface area contributed by atoms with E-state index in [1.807, 2.05) is 0 Å². The lowest BCUT2D eigenvalue weighted by molar-refractivity contribution is 0.358. The molecule has 2 rings (SSSR count). The molecule has 100 valence electrons. The van der Waals surface area contributed by atoms with Crippen molar-refractivity contribution in [3.05, 3.63) is 28.8 Å². The van der Waals surface area contributed by atoms with Crippen LogP contribution >= 0.6 is 11.8 Å². The Balaban J connectivity index is 2.14. The van der Waals surface area contributed by atoms with Crippen molar-refractivity contribution in [2.75, 3.05) is 16.8 Å². The Bertz CT molecular complexity index is 414. The first-order valence-corrected chi connectivity index (χ1v) is 7.95. The summed E-state index contributed by atoms with van der Waals surface area (Å²) in [7, 11) is 0. The van der Waals surface area contributed by atoms with Crippen LogP contribution in [0.2, 0.25) is 0 Å². The van der Waals surface area contributed by atoms with Gasteiger partial charge in [0.1, 0.15) is 0 Å². The topological polar surface area (TPSA) is 12.0 Å². The summed E-state index contributed by atoms with van der Waals surface area (Å²) < 4.78 is 0. The zero-order valence-corrected chi connectivity index (χ0v) is 13.1. The predicted octanol–water partition coefficient (Wildman–Crippen LogP) is 4.56. The minimum atomic E-state index is 0.465. The van der Waals surface area contributed by atoms with Gasteiger partial charge in [0.15, 0.2) is 0 Å². The average molecular weight is 263 g/mol. The summed E-state index contributed by atoms with van der Waals surface area (Å²) in [5.41, 5.74) is 5.92. The molecule has 0 aromatic heterocycles. The standard InChI is InChI=1S/C16H25NS/c1-11-6-12(2)15(13(3)7-11)17-14-8-16(4,5)10-18-9-14/h6-7,14,17H,8-10H2,1-5H3. The lowest BCUT2D eigenvalue weighted by atomic mass is 9.87. The molecule has 1 heterocycles. The van der Waals surface area contributed by atoms with Crippen molar-refractivity contribution in [1.29, 1.82) is 0 Å². The lowest BCUT2D eigenvalue weighted by Crippen LogP contribution is -2.35. The molecule has 1 aliphatic rings. The van der Waals surface area contributed by atoms with Gasteiger partial charge in [0.2, 0.25) is 0 Å². The molecule has 1 N–H and O–H groups in total. The number of thioether (sulfide) groups is 1. The smallest absolute Gasteiger partial charge is 0.0402 e. The third-order valence-electron chi connectivity index (χ3n) is 3.64. The number of aryl methyl sites for hydroxylation is 3. The van der Waals surface area contributed by atoms with E-state index in [0.29, 0.717) is 11.5 Å². The first-order valence-electron chi connectivity index (χ1n) is 6.79. The Morgan fingerprint density at radius 2 is 1.78 bits per heavy atom. The summed E-state index contributed by atoms with van der Waals surface area (Å²) in [6.45, 7) is 11.3. The largest absolute Gasteiger partial charge is 0.381 e. The maximum Gasteiger partial charge on any atom is 0.0402 e. The molecular weight excluding hydrogens is 238 g/mol. The van der Waals surface area contributed by atoms with Gasteiger partial charge in [-0.05, 0) is 49.5 Å². The number of anilines is 1. The van der Waals surface area contributed by atoms with Gasteiger partial charge in [0, 0.05) is 17.5 Å². The zero-order chi connectivity index (χ0) is 13.3. The summed E-state index contributed by atoms with van der Waals surface area (Å²) >= 11 is 2.08. The van der Waals surface area contributed by atoms with E-state index in [1.54, 1.807) is 0 Å². The highest BCUT2D eigenvalue weighted by atomic mass is 32.2. The lowest BCUT2D eigenvalue weighted by Gasteiger charge is -2.36. The van der Waals surface area contributed by atoms with E-state index in [2.05, 4.69) is 63.8 Å². The Labute approximate surface area is 116 Å². The van der Waals surface area contributed by atoms with Crippen molar-refractivity contribution in [3.63, 3.8) is 0 Å². The van der Waals surface area contributed by atoms with Crippen LogP contribution in [0.5, 0.6) is 0 Å². The van der Waals surface area contributed by atoms with E-state index < -0.39 is 0 Å². The van der Waals surface area contributed by atoms with Gasteiger partial charge in [-0.3, -0.25) is 0 Å². The summed E-state index contributed by atoms with van der Waals surface area (Å²) in [6, 6.07) is 5.16. The monoisotopic (exact) mass is 263 g/mol.